The zero-order valence-electron chi connectivity index (χ0n) is 12.5. The number of rotatable bonds is 2. The Balaban J connectivity index is 2.05. The molecule has 0 amide bonds. The predicted octanol–water partition coefficient (Wildman–Crippen LogP) is 5.50. The van der Waals surface area contributed by atoms with E-state index in [4.69, 9.17) is 23.2 Å². The molecule has 0 heterocycles. The molecule has 3 heteroatoms. The number of hydrogen-bond donors (Lipinski definition) is 1. The van der Waals surface area contributed by atoms with E-state index in [1.807, 2.05) is 12.1 Å². The summed E-state index contributed by atoms with van der Waals surface area (Å²) < 4.78 is 0. The van der Waals surface area contributed by atoms with Crippen molar-refractivity contribution >= 4 is 23.2 Å². The van der Waals surface area contributed by atoms with Crippen molar-refractivity contribution in [1.29, 1.82) is 0 Å². The molecule has 0 radical (unpaired) electrons. The number of benzene rings is 1. The fourth-order valence-corrected chi connectivity index (χ4v) is 3.62. The quantitative estimate of drug-likeness (QED) is 0.763. The van der Waals surface area contributed by atoms with Crippen LogP contribution < -0.4 is 0 Å². The second-order valence-corrected chi connectivity index (χ2v) is 8.04. The van der Waals surface area contributed by atoms with Crippen LogP contribution in [0.1, 0.15) is 52.0 Å². The highest BCUT2D eigenvalue weighted by Crippen LogP contribution is 2.43. The van der Waals surface area contributed by atoms with Gasteiger partial charge in [0.2, 0.25) is 0 Å². The van der Waals surface area contributed by atoms with E-state index in [1.165, 1.54) is 0 Å². The fourth-order valence-electron chi connectivity index (χ4n) is 3.24. The molecule has 1 N–H and O–H groups in total. The molecule has 1 fully saturated rings. The van der Waals surface area contributed by atoms with Gasteiger partial charge in [0.1, 0.15) is 0 Å². The van der Waals surface area contributed by atoms with E-state index in [-0.39, 0.29) is 0 Å². The van der Waals surface area contributed by atoms with Gasteiger partial charge in [0.25, 0.3) is 0 Å². The molecule has 0 spiro atoms. The van der Waals surface area contributed by atoms with Crippen LogP contribution >= 0.6 is 23.2 Å². The Bertz CT molecular complexity index is 468. The van der Waals surface area contributed by atoms with Crippen molar-refractivity contribution in [3.05, 3.63) is 33.8 Å². The average molecular weight is 315 g/mol. The van der Waals surface area contributed by atoms with Crippen molar-refractivity contribution in [1.82, 2.24) is 0 Å². The van der Waals surface area contributed by atoms with Gasteiger partial charge in [0.05, 0.1) is 15.6 Å². The maximum absolute atomic E-state index is 10.8. The summed E-state index contributed by atoms with van der Waals surface area (Å²) in [6, 6.07) is 5.64. The lowest BCUT2D eigenvalue weighted by molar-refractivity contribution is -0.0245. The van der Waals surface area contributed by atoms with Gasteiger partial charge in [0.15, 0.2) is 0 Å². The maximum atomic E-state index is 10.8. The van der Waals surface area contributed by atoms with Crippen LogP contribution in [0.2, 0.25) is 10.0 Å². The average Bonchev–Trinajstić information content (AvgIpc) is 2.34. The normalized spacial score (nSPS) is 27.6. The molecule has 0 unspecified atom stereocenters. The van der Waals surface area contributed by atoms with E-state index in [9.17, 15) is 5.11 Å². The molecule has 1 saturated carbocycles. The zero-order chi connectivity index (χ0) is 15.0. The lowest BCUT2D eigenvalue weighted by Gasteiger charge is -2.41. The molecule has 2 rings (SSSR count). The molecule has 20 heavy (non-hydrogen) atoms. The molecule has 112 valence electrons. The van der Waals surface area contributed by atoms with E-state index >= 15 is 0 Å². The van der Waals surface area contributed by atoms with Gasteiger partial charge in [-0.3, -0.25) is 0 Å². The number of aliphatic hydroxyl groups is 1. The minimum atomic E-state index is -0.629. The van der Waals surface area contributed by atoms with E-state index in [2.05, 4.69) is 20.8 Å². The van der Waals surface area contributed by atoms with Gasteiger partial charge in [0, 0.05) is 6.42 Å². The van der Waals surface area contributed by atoms with Gasteiger partial charge in [-0.15, -0.1) is 0 Å². The summed E-state index contributed by atoms with van der Waals surface area (Å²) in [6.45, 7) is 6.86. The Morgan fingerprint density at radius 3 is 2.35 bits per heavy atom. The van der Waals surface area contributed by atoms with Crippen molar-refractivity contribution < 1.29 is 5.11 Å². The van der Waals surface area contributed by atoms with E-state index in [0.29, 0.717) is 27.8 Å². The summed E-state index contributed by atoms with van der Waals surface area (Å²) in [5.41, 5.74) is 0.654. The molecule has 0 saturated heterocycles. The van der Waals surface area contributed by atoms with Gasteiger partial charge in [-0.05, 0) is 48.6 Å². The number of halogens is 2. The van der Waals surface area contributed by atoms with Crippen molar-refractivity contribution in [2.24, 2.45) is 11.3 Å². The summed E-state index contributed by atoms with van der Waals surface area (Å²) in [5, 5.41) is 12.0. The van der Waals surface area contributed by atoms with Gasteiger partial charge >= 0.3 is 0 Å². The zero-order valence-corrected chi connectivity index (χ0v) is 14.1. The molecule has 0 aliphatic heterocycles. The third-order valence-electron chi connectivity index (χ3n) is 4.69. The van der Waals surface area contributed by atoms with Crippen LogP contribution in [-0.4, -0.2) is 10.7 Å². The van der Waals surface area contributed by atoms with Gasteiger partial charge in [-0.2, -0.15) is 0 Å². The van der Waals surface area contributed by atoms with Crippen LogP contribution in [-0.2, 0) is 6.42 Å². The summed E-state index contributed by atoms with van der Waals surface area (Å²) in [4.78, 5) is 0. The molecule has 1 aromatic carbocycles. The van der Waals surface area contributed by atoms with Crippen LogP contribution in [0.25, 0.3) is 0 Å². The Kier molecular flexibility index (Phi) is 4.73. The molecular weight excluding hydrogens is 291 g/mol. The Labute approximate surface area is 132 Å². The standard InChI is InChI=1S/C17H24Cl2O/c1-16(2,3)13-7-9-17(20,10-8-13)11-12-5-4-6-14(18)15(12)19/h4-6,13,20H,7-11H2,1-3H3. The van der Waals surface area contributed by atoms with E-state index in [1.54, 1.807) is 6.07 Å². The number of hydrogen-bond acceptors (Lipinski definition) is 1. The smallest absolute Gasteiger partial charge is 0.0688 e. The topological polar surface area (TPSA) is 20.2 Å². The second-order valence-electron chi connectivity index (χ2n) is 7.25. The SMILES string of the molecule is CC(C)(C)C1CCC(O)(Cc2cccc(Cl)c2Cl)CC1. The Morgan fingerprint density at radius 2 is 1.80 bits per heavy atom. The molecule has 1 aliphatic rings. The maximum Gasteiger partial charge on any atom is 0.0688 e. The third kappa shape index (κ3) is 3.69. The van der Waals surface area contributed by atoms with Gasteiger partial charge in [-0.1, -0.05) is 56.1 Å². The molecule has 0 atom stereocenters. The summed E-state index contributed by atoms with van der Waals surface area (Å²) >= 11 is 12.3. The van der Waals surface area contributed by atoms with Crippen LogP contribution in [0.3, 0.4) is 0 Å². The largest absolute Gasteiger partial charge is 0.390 e. The molecule has 0 aromatic heterocycles. The Hall–Kier alpha value is -0.240. The molecule has 1 aliphatic carbocycles. The van der Waals surface area contributed by atoms with Crippen LogP contribution in [0.5, 0.6) is 0 Å². The van der Waals surface area contributed by atoms with Crippen LogP contribution in [0.15, 0.2) is 18.2 Å². The van der Waals surface area contributed by atoms with Gasteiger partial charge < -0.3 is 5.11 Å². The fraction of sp³-hybridized carbons (Fsp3) is 0.647. The third-order valence-corrected chi connectivity index (χ3v) is 5.55. The highest BCUT2D eigenvalue weighted by Gasteiger charge is 2.37. The molecule has 1 nitrogen and oxygen atoms in total. The van der Waals surface area contributed by atoms with Crippen molar-refractivity contribution in [3.8, 4) is 0 Å². The first kappa shape index (κ1) is 16.1. The predicted molar refractivity (Wildman–Crippen MR) is 86.5 cm³/mol. The summed E-state index contributed by atoms with van der Waals surface area (Å²) in [5.74, 6) is 0.692. The first-order valence-electron chi connectivity index (χ1n) is 7.36. The van der Waals surface area contributed by atoms with Crippen molar-refractivity contribution in [3.63, 3.8) is 0 Å². The second kappa shape index (κ2) is 5.87. The highest BCUT2D eigenvalue weighted by molar-refractivity contribution is 6.42. The summed E-state index contributed by atoms with van der Waals surface area (Å²) in [6.07, 6.45) is 4.45. The van der Waals surface area contributed by atoms with Crippen molar-refractivity contribution in [2.45, 2.75) is 58.5 Å². The van der Waals surface area contributed by atoms with E-state index < -0.39 is 5.60 Å². The lowest BCUT2D eigenvalue weighted by Crippen LogP contribution is -2.39. The summed E-state index contributed by atoms with van der Waals surface area (Å²) in [7, 11) is 0. The van der Waals surface area contributed by atoms with Crippen molar-refractivity contribution in [2.75, 3.05) is 0 Å². The molecule has 0 bridgehead atoms. The minimum Gasteiger partial charge on any atom is -0.390 e. The Morgan fingerprint density at radius 1 is 1.20 bits per heavy atom. The first-order valence-corrected chi connectivity index (χ1v) is 8.12. The minimum absolute atomic E-state index is 0.328. The van der Waals surface area contributed by atoms with Gasteiger partial charge in [-0.25, -0.2) is 0 Å². The highest BCUT2D eigenvalue weighted by atomic mass is 35.5. The monoisotopic (exact) mass is 314 g/mol. The lowest BCUT2D eigenvalue weighted by atomic mass is 9.67. The van der Waals surface area contributed by atoms with Crippen LogP contribution in [0.4, 0.5) is 0 Å². The molecule has 1 aromatic rings. The first-order chi connectivity index (χ1) is 9.21. The molecular formula is C17H24Cl2O. The van der Waals surface area contributed by atoms with Crippen LogP contribution in [0, 0.1) is 11.3 Å². The van der Waals surface area contributed by atoms with E-state index in [0.717, 1.165) is 31.2 Å².